The van der Waals surface area contributed by atoms with Crippen molar-refractivity contribution in [3.05, 3.63) is 63.0 Å². The number of fused-ring (bicyclic) bond motifs is 2. The highest BCUT2D eigenvalue weighted by molar-refractivity contribution is 6.30. The van der Waals surface area contributed by atoms with Crippen molar-refractivity contribution in [3.8, 4) is 23.0 Å². The minimum absolute atomic E-state index is 0. The van der Waals surface area contributed by atoms with E-state index in [1.165, 1.54) is 12.1 Å². The molecule has 0 unspecified atom stereocenters. The molecule has 4 rings (SSSR count). The molecule has 0 aliphatic heterocycles. The molecule has 3 aromatic rings. The number of rotatable bonds is 5. The second kappa shape index (κ2) is 11.9. The first-order valence-electron chi connectivity index (χ1n) is 10.3. The highest BCUT2D eigenvalue weighted by atomic mass is 35.5. The topological polar surface area (TPSA) is 215 Å². The lowest BCUT2D eigenvalue weighted by atomic mass is 9.86. The van der Waals surface area contributed by atoms with Crippen molar-refractivity contribution < 1.29 is 48.8 Å². The van der Waals surface area contributed by atoms with Gasteiger partial charge in [0.25, 0.3) is 0 Å². The van der Waals surface area contributed by atoms with Crippen LogP contribution in [0.2, 0.25) is 0 Å². The van der Waals surface area contributed by atoms with E-state index in [9.17, 15) is 34.8 Å². The molecule has 1 aliphatic rings. The summed E-state index contributed by atoms with van der Waals surface area (Å²) < 4.78 is 10.5. The van der Waals surface area contributed by atoms with E-state index in [2.05, 4.69) is 0 Å². The lowest BCUT2D eigenvalue weighted by molar-refractivity contribution is -0.191. The Morgan fingerprint density at radius 2 is 1.68 bits per heavy atom. The van der Waals surface area contributed by atoms with Crippen LogP contribution in [0.3, 0.4) is 0 Å². The number of ketones is 1. The van der Waals surface area contributed by atoms with E-state index in [-0.39, 0.29) is 71.5 Å². The minimum Gasteiger partial charge on any atom is -0.504 e. The first kappa shape index (κ1) is 28.6. The van der Waals surface area contributed by atoms with Gasteiger partial charge in [-0.15, -0.1) is 12.4 Å². The van der Waals surface area contributed by atoms with Crippen LogP contribution in [-0.4, -0.2) is 51.5 Å². The normalized spacial score (nSPS) is 11.8. The number of nitrogens with two attached hydrogens (primary N) is 1. The lowest BCUT2D eigenvalue weighted by Gasteiger charge is -2.17. The first-order chi connectivity index (χ1) is 17.2. The van der Waals surface area contributed by atoms with Gasteiger partial charge in [0.1, 0.15) is 17.4 Å². The fourth-order valence-electron chi connectivity index (χ4n) is 3.65. The van der Waals surface area contributed by atoms with Crippen molar-refractivity contribution in [2.24, 2.45) is 5.73 Å². The number of esters is 1. The van der Waals surface area contributed by atoms with Crippen molar-refractivity contribution in [2.45, 2.75) is 12.8 Å². The van der Waals surface area contributed by atoms with Gasteiger partial charge in [0, 0.05) is 17.2 Å². The Hall–Kier alpha value is -4.64. The van der Waals surface area contributed by atoms with E-state index < -0.39 is 40.0 Å². The maximum absolute atomic E-state index is 13.4. The highest BCUT2D eigenvalue weighted by Gasteiger charge is 2.29. The molecule has 0 amide bonds. The molecule has 0 fully saturated rings. The summed E-state index contributed by atoms with van der Waals surface area (Å²) in [4.78, 5) is 55.3. The van der Waals surface area contributed by atoms with Crippen LogP contribution < -0.4 is 11.2 Å². The number of hydrogen-bond donors (Lipinski definition) is 5. The molecule has 1 aliphatic carbocycles. The molecule has 1 heterocycles. The molecule has 0 spiro atoms. The van der Waals surface area contributed by atoms with Gasteiger partial charge in [0.05, 0.1) is 17.6 Å². The van der Waals surface area contributed by atoms with Crippen molar-refractivity contribution in [1.29, 1.82) is 0 Å². The lowest BCUT2D eigenvalue weighted by Crippen LogP contribution is -2.19. The number of carbonyl (C=O) groups is 2. The molecular formula is C24H20ClNO11. The average Bonchev–Trinajstić information content (AvgIpc) is 2.83. The average molecular weight is 534 g/mol. The maximum Gasteiger partial charge on any atom is 0.373 e. The molecule has 12 nitrogen and oxygen atoms in total. The fraction of sp³-hybridized carbons (Fsp3) is 0.167. The Morgan fingerprint density at radius 3 is 2.32 bits per heavy atom. The maximum atomic E-state index is 13.4. The van der Waals surface area contributed by atoms with E-state index in [1.54, 1.807) is 0 Å². The van der Waals surface area contributed by atoms with E-state index in [0.717, 1.165) is 18.4 Å². The van der Waals surface area contributed by atoms with Crippen LogP contribution in [0.1, 0.15) is 38.3 Å². The number of phenolic OH excluding ortho intramolecular Hbond substituents is 4. The van der Waals surface area contributed by atoms with Crippen LogP contribution in [0.5, 0.6) is 23.0 Å². The van der Waals surface area contributed by atoms with E-state index in [4.69, 9.17) is 24.5 Å². The number of allylic oxidation sites excluding steroid dienone is 2. The molecule has 0 bridgehead atoms. The Kier molecular flexibility index (Phi) is 9.17. The van der Waals surface area contributed by atoms with Crippen LogP contribution >= 0.6 is 12.4 Å². The van der Waals surface area contributed by atoms with Gasteiger partial charge in [0.15, 0.2) is 28.8 Å². The monoisotopic (exact) mass is 533 g/mol. The van der Waals surface area contributed by atoms with Crippen molar-refractivity contribution in [1.82, 2.24) is 0 Å². The van der Waals surface area contributed by atoms with Crippen molar-refractivity contribution in [3.63, 3.8) is 0 Å². The van der Waals surface area contributed by atoms with Gasteiger partial charge in [-0.1, -0.05) is 6.08 Å². The first-order valence-corrected chi connectivity index (χ1v) is 10.3. The molecular weight excluding hydrogens is 514 g/mol. The number of halogens is 1. The number of phenols is 4. The van der Waals surface area contributed by atoms with E-state index in [0.29, 0.717) is 12.0 Å². The summed E-state index contributed by atoms with van der Waals surface area (Å²) in [7, 11) is 0. The zero-order chi connectivity index (χ0) is 26.6. The SMILES string of the molecule is Cl.NCCCOC(=O)c1c(O)c(O)cc2occ(C3=CCc4cc(O)c(O)cc4C3=O)c(=O)c12.O=C=O. The molecule has 13 heteroatoms. The van der Waals surface area contributed by atoms with Crippen molar-refractivity contribution in [2.75, 3.05) is 13.2 Å². The Labute approximate surface area is 213 Å². The van der Waals surface area contributed by atoms with E-state index in [1.807, 2.05) is 0 Å². The Balaban J connectivity index is 0.00000115. The van der Waals surface area contributed by atoms with Crippen LogP contribution in [0.4, 0.5) is 0 Å². The quantitative estimate of drug-likeness (QED) is 0.180. The van der Waals surface area contributed by atoms with E-state index >= 15 is 0 Å². The minimum atomic E-state index is -1.07. The van der Waals surface area contributed by atoms with Crippen LogP contribution in [0, 0.1) is 0 Å². The van der Waals surface area contributed by atoms with Gasteiger partial charge < -0.3 is 35.3 Å². The van der Waals surface area contributed by atoms with Gasteiger partial charge in [-0.2, -0.15) is 9.59 Å². The second-order valence-electron chi connectivity index (χ2n) is 7.48. The molecule has 6 N–H and O–H groups in total. The zero-order valence-electron chi connectivity index (χ0n) is 18.8. The van der Waals surface area contributed by atoms with Crippen LogP contribution in [0.15, 0.2) is 39.7 Å². The molecule has 0 atom stereocenters. The number of hydrogen-bond acceptors (Lipinski definition) is 12. The number of Topliss-reactive ketones (excluding diaryl/α,β-unsaturated/α-hetero) is 1. The Bertz CT molecular complexity index is 1500. The van der Waals surface area contributed by atoms with Gasteiger partial charge in [-0.05, 0) is 37.1 Å². The zero-order valence-corrected chi connectivity index (χ0v) is 19.7. The third kappa shape index (κ3) is 5.46. The second-order valence-corrected chi connectivity index (χ2v) is 7.48. The summed E-state index contributed by atoms with van der Waals surface area (Å²) in [5, 5.41) is 39.4. The molecule has 0 saturated carbocycles. The number of ether oxygens (including phenoxy) is 1. The van der Waals surface area contributed by atoms with Crippen LogP contribution in [0.25, 0.3) is 16.5 Å². The molecule has 37 heavy (non-hydrogen) atoms. The summed E-state index contributed by atoms with van der Waals surface area (Å²) in [5.41, 5.74) is 4.10. The smallest absolute Gasteiger partial charge is 0.373 e. The van der Waals surface area contributed by atoms with Gasteiger partial charge in [-0.25, -0.2) is 4.79 Å². The predicted octanol–water partition coefficient (Wildman–Crippen LogP) is 1.78. The fourth-order valence-corrected chi connectivity index (χ4v) is 3.65. The summed E-state index contributed by atoms with van der Waals surface area (Å²) in [6.45, 7) is 0.172. The largest absolute Gasteiger partial charge is 0.504 e. The van der Waals surface area contributed by atoms with Crippen LogP contribution in [-0.2, 0) is 20.7 Å². The molecule has 2 aromatic carbocycles. The predicted molar refractivity (Wildman–Crippen MR) is 128 cm³/mol. The van der Waals surface area contributed by atoms with Gasteiger partial charge >= 0.3 is 12.1 Å². The number of benzene rings is 2. The molecule has 1 aromatic heterocycles. The summed E-state index contributed by atoms with van der Waals surface area (Å²) in [6.07, 6.45) is 3.24. The number of carbonyl (C=O) groups excluding carboxylic acids is 4. The molecule has 194 valence electrons. The Morgan fingerprint density at radius 1 is 1.03 bits per heavy atom. The summed E-state index contributed by atoms with van der Waals surface area (Å²) in [5.74, 6) is -4.09. The van der Waals surface area contributed by atoms with Crippen molar-refractivity contribution >= 4 is 46.9 Å². The third-order valence-electron chi connectivity index (χ3n) is 5.31. The summed E-state index contributed by atoms with van der Waals surface area (Å²) in [6, 6.07) is 3.33. The summed E-state index contributed by atoms with van der Waals surface area (Å²) >= 11 is 0. The highest BCUT2D eigenvalue weighted by Crippen LogP contribution is 2.37. The number of aromatic hydroxyl groups is 4. The van der Waals surface area contributed by atoms with Gasteiger partial charge in [-0.3, -0.25) is 9.59 Å². The third-order valence-corrected chi connectivity index (χ3v) is 5.31. The molecule has 0 radical (unpaired) electrons. The standard InChI is InChI=1S/C23H19NO9.CO2.ClH/c24-4-1-5-32-23(31)19-18-17(8-16(27)22(19)30)33-9-13(21(18)29)11-3-2-10-6-14(25)15(26)7-12(10)20(11)28;2-1-3;/h3,6-9,25-27,30H,1-2,4-5,24H2;;1H. The molecule has 0 saturated heterocycles. The van der Waals surface area contributed by atoms with Gasteiger partial charge in [0.2, 0.25) is 5.43 Å².